The molecule has 1 aromatic carbocycles. The van der Waals surface area contributed by atoms with E-state index >= 15 is 0 Å². The van der Waals surface area contributed by atoms with Gasteiger partial charge < -0.3 is 10.4 Å². The van der Waals surface area contributed by atoms with Crippen molar-refractivity contribution in [1.82, 2.24) is 0 Å². The maximum absolute atomic E-state index is 10.3. The predicted molar refractivity (Wildman–Crippen MR) is 56.9 cm³/mol. The zero-order valence-electron chi connectivity index (χ0n) is 7.83. The van der Waals surface area contributed by atoms with Crippen LogP contribution in [-0.2, 0) is 4.79 Å². The van der Waals surface area contributed by atoms with Crippen LogP contribution in [0.4, 0.5) is 5.69 Å². The van der Waals surface area contributed by atoms with Gasteiger partial charge in [-0.2, -0.15) is 5.26 Å². The summed E-state index contributed by atoms with van der Waals surface area (Å²) in [5, 5.41) is 20.6. The number of halogens is 1. The Morgan fingerprint density at radius 2 is 2.33 bits per heavy atom. The highest BCUT2D eigenvalue weighted by Crippen LogP contribution is 2.19. The molecule has 0 saturated carbocycles. The van der Waals surface area contributed by atoms with Crippen LogP contribution < -0.4 is 5.32 Å². The molecule has 0 aliphatic heterocycles. The van der Waals surface area contributed by atoms with Crippen LogP contribution in [0.15, 0.2) is 18.2 Å². The molecule has 1 rings (SSSR count). The van der Waals surface area contributed by atoms with E-state index in [9.17, 15) is 4.79 Å². The van der Waals surface area contributed by atoms with E-state index in [1.54, 1.807) is 12.1 Å². The van der Waals surface area contributed by atoms with Crippen molar-refractivity contribution >= 4 is 23.3 Å². The lowest BCUT2D eigenvalue weighted by Crippen LogP contribution is -2.08. The van der Waals surface area contributed by atoms with Crippen molar-refractivity contribution in [2.24, 2.45) is 0 Å². The summed E-state index contributed by atoms with van der Waals surface area (Å²) in [6, 6.07) is 6.81. The van der Waals surface area contributed by atoms with E-state index in [-0.39, 0.29) is 13.0 Å². The fourth-order valence-electron chi connectivity index (χ4n) is 1.07. The van der Waals surface area contributed by atoms with E-state index in [2.05, 4.69) is 5.32 Å². The van der Waals surface area contributed by atoms with Crippen LogP contribution in [0.3, 0.4) is 0 Å². The molecule has 1 aromatic rings. The summed E-state index contributed by atoms with van der Waals surface area (Å²) in [4.78, 5) is 10.3. The summed E-state index contributed by atoms with van der Waals surface area (Å²) >= 11 is 5.71. The zero-order chi connectivity index (χ0) is 11.3. The molecule has 0 amide bonds. The van der Waals surface area contributed by atoms with Crippen LogP contribution in [0.2, 0.25) is 5.02 Å². The number of carboxylic acid groups (broad SMARTS) is 1. The summed E-state index contributed by atoms with van der Waals surface area (Å²) in [6.45, 7) is 0.283. The first-order valence-corrected chi connectivity index (χ1v) is 4.66. The van der Waals surface area contributed by atoms with E-state index in [0.717, 1.165) is 0 Å². The highest BCUT2D eigenvalue weighted by Gasteiger charge is 2.03. The van der Waals surface area contributed by atoms with E-state index in [4.69, 9.17) is 22.0 Å². The molecular formula is C10H9ClN2O2. The van der Waals surface area contributed by atoms with Gasteiger partial charge >= 0.3 is 5.97 Å². The van der Waals surface area contributed by atoms with Gasteiger partial charge in [0.05, 0.1) is 17.7 Å². The number of nitrogens with one attached hydrogen (secondary N) is 1. The molecule has 0 fully saturated rings. The highest BCUT2D eigenvalue weighted by atomic mass is 35.5. The molecule has 0 aliphatic carbocycles. The van der Waals surface area contributed by atoms with Crippen molar-refractivity contribution in [1.29, 1.82) is 5.26 Å². The van der Waals surface area contributed by atoms with Crippen molar-refractivity contribution in [2.75, 3.05) is 11.9 Å². The van der Waals surface area contributed by atoms with E-state index < -0.39 is 5.97 Å². The number of carbonyl (C=O) groups is 1. The van der Waals surface area contributed by atoms with E-state index in [0.29, 0.717) is 16.3 Å². The van der Waals surface area contributed by atoms with E-state index in [1.165, 1.54) is 6.07 Å². The van der Waals surface area contributed by atoms with Crippen LogP contribution in [0.5, 0.6) is 0 Å². The number of rotatable bonds is 4. The van der Waals surface area contributed by atoms with Crippen LogP contribution >= 0.6 is 11.6 Å². The number of hydrogen-bond acceptors (Lipinski definition) is 3. The van der Waals surface area contributed by atoms with Crippen LogP contribution in [-0.4, -0.2) is 17.6 Å². The topological polar surface area (TPSA) is 73.1 Å². The highest BCUT2D eigenvalue weighted by molar-refractivity contribution is 6.30. The Hall–Kier alpha value is -1.73. The van der Waals surface area contributed by atoms with Crippen molar-refractivity contribution in [3.05, 3.63) is 28.8 Å². The smallest absolute Gasteiger partial charge is 0.305 e. The summed E-state index contributed by atoms with van der Waals surface area (Å²) in [7, 11) is 0. The molecule has 15 heavy (non-hydrogen) atoms. The molecule has 78 valence electrons. The lowest BCUT2D eigenvalue weighted by molar-refractivity contribution is -0.136. The largest absolute Gasteiger partial charge is 0.481 e. The number of nitriles is 1. The van der Waals surface area contributed by atoms with Crippen molar-refractivity contribution < 1.29 is 9.90 Å². The van der Waals surface area contributed by atoms with Gasteiger partial charge in [-0.15, -0.1) is 0 Å². The van der Waals surface area contributed by atoms with Gasteiger partial charge in [0.25, 0.3) is 0 Å². The Balaban J connectivity index is 2.69. The molecular weight excluding hydrogens is 216 g/mol. The van der Waals surface area contributed by atoms with Crippen LogP contribution in [0.1, 0.15) is 12.0 Å². The monoisotopic (exact) mass is 224 g/mol. The standard InChI is InChI=1S/C10H9ClN2O2/c11-8-1-2-9(7(5-8)6-12)13-4-3-10(14)15/h1-2,5,13H,3-4H2,(H,14,15). The molecule has 0 atom stereocenters. The van der Waals surface area contributed by atoms with E-state index in [1.807, 2.05) is 6.07 Å². The minimum absolute atomic E-state index is 0.00744. The lowest BCUT2D eigenvalue weighted by atomic mass is 10.2. The summed E-state index contributed by atoms with van der Waals surface area (Å²) in [6.07, 6.45) is 0.00744. The van der Waals surface area contributed by atoms with Crippen LogP contribution in [0.25, 0.3) is 0 Å². The average Bonchev–Trinajstić information content (AvgIpc) is 2.19. The molecule has 0 aromatic heterocycles. The SMILES string of the molecule is N#Cc1cc(Cl)ccc1NCCC(=O)O. The quantitative estimate of drug-likeness (QED) is 0.822. The fourth-order valence-corrected chi connectivity index (χ4v) is 1.24. The predicted octanol–water partition coefficient (Wildman–Crippen LogP) is 2.10. The average molecular weight is 225 g/mol. The summed E-state index contributed by atoms with van der Waals surface area (Å²) in [5.74, 6) is -0.880. The molecule has 4 nitrogen and oxygen atoms in total. The molecule has 5 heteroatoms. The minimum atomic E-state index is -0.880. The molecule has 0 unspecified atom stereocenters. The van der Waals surface area contributed by atoms with Gasteiger partial charge in [0.1, 0.15) is 6.07 Å². The molecule has 2 N–H and O–H groups in total. The van der Waals surface area contributed by atoms with Gasteiger partial charge in [-0.3, -0.25) is 4.79 Å². The van der Waals surface area contributed by atoms with Gasteiger partial charge in [0.2, 0.25) is 0 Å². The Bertz CT molecular complexity index is 412. The number of nitrogens with zero attached hydrogens (tertiary/aromatic N) is 1. The van der Waals surface area contributed by atoms with Gasteiger partial charge in [-0.1, -0.05) is 11.6 Å². The van der Waals surface area contributed by atoms with Crippen LogP contribution in [0, 0.1) is 11.3 Å². The first-order valence-electron chi connectivity index (χ1n) is 4.29. The minimum Gasteiger partial charge on any atom is -0.481 e. The Kier molecular flexibility index (Phi) is 3.95. The Morgan fingerprint density at radius 3 is 2.93 bits per heavy atom. The van der Waals surface area contributed by atoms with Gasteiger partial charge in [0, 0.05) is 11.6 Å². The maximum atomic E-state index is 10.3. The maximum Gasteiger partial charge on any atom is 0.305 e. The summed E-state index contributed by atoms with van der Waals surface area (Å²) in [5.41, 5.74) is 1.01. The Morgan fingerprint density at radius 1 is 1.60 bits per heavy atom. The number of aliphatic carboxylic acids is 1. The molecule has 0 heterocycles. The number of carboxylic acids is 1. The molecule has 0 spiro atoms. The zero-order valence-corrected chi connectivity index (χ0v) is 8.58. The first-order chi connectivity index (χ1) is 7.13. The normalized spacial score (nSPS) is 9.33. The van der Waals surface area contributed by atoms with Crippen molar-refractivity contribution in [3.8, 4) is 6.07 Å². The summed E-state index contributed by atoms with van der Waals surface area (Å²) < 4.78 is 0. The third kappa shape index (κ3) is 3.49. The number of hydrogen-bond donors (Lipinski definition) is 2. The van der Waals surface area contributed by atoms with Crippen molar-refractivity contribution in [2.45, 2.75) is 6.42 Å². The molecule has 0 bridgehead atoms. The number of anilines is 1. The molecule has 0 saturated heterocycles. The molecule has 0 radical (unpaired) electrons. The fraction of sp³-hybridized carbons (Fsp3) is 0.200. The van der Waals surface area contributed by atoms with Gasteiger partial charge in [-0.05, 0) is 18.2 Å². The van der Waals surface area contributed by atoms with Crippen molar-refractivity contribution in [3.63, 3.8) is 0 Å². The second kappa shape index (κ2) is 5.23. The first kappa shape index (κ1) is 11.3. The second-order valence-corrected chi connectivity index (χ2v) is 3.31. The third-order valence-corrected chi connectivity index (χ3v) is 1.99. The second-order valence-electron chi connectivity index (χ2n) is 2.87. The lowest BCUT2D eigenvalue weighted by Gasteiger charge is -2.06. The Labute approximate surface area is 92.1 Å². The van der Waals surface area contributed by atoms with Gasteiger partial charge in [0.15, 0.2) is 0 Å². The molecule has 0 aliphatic rings. The van der Waals surface area contributed by atoms with Gasteiger partial charge in [-0.25, -0.2) is 0 Å². The third-order valence-electron chi connectivity index (χ3n) is 1.76. The number of benzene rings is 1.